The van der Waals surface area contributed by atoms with Crippen molar-refractivity contribution in [3.8, 4) is 0 Å². The van der Waals surface area contributed by atoms with Crippen molar-refractivity contribution in [2.75, 3.05) is 4.90 Å². The van der Waals surface area contributed by atoms with E-state index in [1.165, 1.54) is 28.8 Å². The summed E-state index contributed by atoms with van der Waals surface area (Å²) in [5.41, 5.74) is -2.08. The zero-order valence-electron chi connectivity index (χ0n) is 13.1. The van der Waals surface area contributed by atoms with Crippen LogP contribution in [0.3, 0.4) is 0 Å². The fourth-order valence-corrected chi connectivity index (χ4v) is 4.32. The fraction of sp³-hybridized carbons (Fsp3) is 0.235. The van der Waals surface area contributed by atoms with Gasteiger partial charge in [0.2, 0.25) is 5.66 Å². The minimum absolute atomic E-state index is 0.0462. The molecule has 2 atom stereocenters. The van der Waals surface area contributed by atoms with Gasteiger partial charge >= 0.3 is 12.2 Å². The number of benzene rings is 2. The third-order valence-electron chi connectivity index (χ3n) is 4.36. The van der Waals surface area contributed by atoms with Crippen LogP contribution in [-0.2, 0) is 5.66 Å². The maximum Gasteiger partial charge on any atom is 0.429 e. The fourth-order valence-electron chi connectivity index (χ4n) is 3.08. The third-order valence-corrected chi connectivity index (χ3v) is 5.51. The molecule has 25 heavy (non-hydrogen) atoms. The van der Waals surface area contributed by atoms with Crippen LogP contribution < -0.4 is 15.5 Å². The van der Waals surface area contributed by atoms with Gasteiger partial charge in [0.1, 0.15) is 5.50 Å². The molecule has 2 aliphatic rings. The van der Waals surface area contributed by atoms with E-state index in [4.69, 9.17) is 0 Å². The van der Waals surface area contributed by atoms with E-state index >= 15 is 0 Å². The summed E-state index contributed by atoms with van der Waals surface area (Å²) in [6.07, 6.45) is -4.71. The highest BCUT2D eigenvalue weighted by Crippen LogP contribution is 2.48. The van der Waals surface area contributed by atoms with Gasteiger partial charge in [-0.15, -0.1) is 0 Å². The highest BCUT2D eigenvalue weighted by atomic mass is 32.2. The van der Waals surface area contributed by atoms with Crippen molar-refractivity contribution in [2.24, 2.45) is 0 Å². The second kappa shape index (κ2) is 5.40. The standard InChI is InChI=1S/C17H14F3N3OS/c1-10-6-8-11(9-7-10)16(17(18,19)20)21-14(24)23-12-4-2-3-5-13(12)25-15(23)22-16/h2-9,15,22H,1H3,(H,21,24)/t15-,16+/m0/s1. The van der Waals surface area contributed by atoms with E-state index in [0.29, 0.717) is 5.69 Å². The molecule has 2 aliphatic heterocycles. The Bertz CT molecular complexity index is 840. The molecule has 130 valence electrons. The number of nitrogens with one attached hydrogen (secondary N) is 2. The Morgan fingerprint density at radius 1 is 1.12 bits per heavy atom. The quantitative estimate of drug-likeness (QED) is 0.805. The molecule has 2 heterocycles. The predicted octanol–water partition coefficient (Wildman–Crippen LogP) is 3.92. The van der Waals surface area contributed by atoms with Gasteiger partial charge in [-0.05, 0) is 19.1 Å². The summed E-state index contributed by atoms with van der Waals surface area (Å²) in [5.74, 6) is 0. The number of rotatable bonds is 1. The van der Waals surface area contributed by atoms with Crippen LogP contribution >= 0.6 is 11.8 Å². The summed E-state index contributed by atoms with van der Waals surface area (Å²) in [6, 6.07) is 12.2. The SMILES string of the molecule is Cc1ccc([C@@]2(C(F)(F)F)NC(=O)N3c4ccccc4S[C@H]3N2)cc1. The van der Waals surface area contributed by atoms with Crippen molar-refractivity contribution in [2.45, 2.75) is 29.2 Å². The third kappa shape index (κ3) is 2.39. The van der Waals surface area contributed by atoms with Gasteiger partial charge in [-0.2, -0.15) is 13.2 Å². The molecule has 4 rings (SSSR count). The number of fused-ring (bicyclic) bond motifs is 3. The van der Waals surface area contributed by atoms with Crippen LogP contribution in [0.4, 0.5) is 23.7 Å². The molecule has 0 radical (unpaired) electrons. The number of urea groups is 1. The molecule has 2 amide bonds. The highest BCUT2D eigenvalue weighted by molar-refractivity contribution is 8.00. The zero-order valence-corrected chi connectivity index (χ0v) is 13.9. The average Bonchev–Trinajstić information content (AvgIpc) is 2.92. The molecular formula is C17H14F3N3OS. The topological polar surface area (TPSA) is 44.4 Å². The summed E-state index contributed by atoms with van der Waals surface area (Å²) in [4.78, 5) is 14.7. The first-order valence-corrected chi connectivity index (χ1v) is 8.48. The molecular weight excluding hydrogens is 351 g/mol. The van der Waals surface area contributed by atoms with Crippen molar-refractivity contribution in [1.29, 1.82) is 0 Å². The molecule has 0 unspecified atom stereocenters. The molecule has 0 aromatic heterocycles. The van der Waals surface area contributed by atoms with Gasteiger partial charge in [-0.1, -0.05) is 53.7 Å². The molecule has 4 nitrogen and oxygen atoms in total. The van der Waals surface area contributed by atoms with Gasteiger partial charge in [0.05, 0.1) is 5.69 Å². The second-order valence-corrected chi connectivity index (χ2v) is 7.12. The maximum absolute atomic E-state index is 14.0. The van der Waals surface area contributed by atoms with Crippen molar-refractivity contribution >= 4 is 23.5 Å². The van der Waals surface area contributed by atoms with Crippen LogP contribution in [-0.4, -0.2) is 17.7 Å². The van der Waals surface area contributed by atoms with E-state index in [-0.39, 0.29) is 5.56 Å². The van der Waals surface area contributed by atoms with E-state index in [2.05, 4.69) is 10.6 Å². The van der Waals surface area contributed by atoms with E-state index in [9.17, 15) is 18.0 Å². The van der Waals surface area contributed by atoms with Gasteiger partial charge < -0.3 is 5.32 Å². The predicted molar refractivity (Wildman–Crippen MR) is 89.1 cm³/mol. The van der Waals surface area contributed by atoms with Gasteiger partial charge in [0.25, 0.3) is 0 Å². The lowest BCUT2D eigenvalue weighted by Gasteiger charge is -2.46. The molecule has 1 fully saturated rings. The summed E-state index contributed by atoms with van der Waals surface area (Å²) >= 11 is 1.19. The number of carbonyl (C=O) groups excluding carboxylic acids is 1. The number of nitrogens with zero attached hydrogens (tertiary/aromatic N) is 1. The number of halogens is 3. The number of carbonyl (C=O) groups is 1. The average molecular weight is 365 g/mol. The van der Waals surface area contributed by atoms with Crippen LogP contribution in [0.25, 0.3) is 0 Å². The van der Waals surface area contributed by atoms with E-state index in [1.54, 1.807) is 43.3 Å². The van der Waals surface area contributed by atoms with Gasteiger partial charge in [-0.25, -0.2) is 4.79 Å². The van der Waals surface area contributed by atoms with Crippen LogP contribution in [0, 0.1) is 6.92 Å². The Morgan fingerprint density at radius 3 is 2.48 bits per heavy atom. The molecule has 2 N–H and O–H groups in total. The number of alkyl halides is 3. The normalized spacial score (nSPS) is 25.4. The largest absolute Gasteiger partial charge is 0.429 e. The number of amides is 2. The molecule has 8 heteroatoms. The van der Waals surface area contributed by atoms with E-state index in [0.717, 1.165) is 10.5 Å². The Balaban J connectivity index is 1.79. The van der Waals surface area contributed by atoms with Crippen molar-refractivity contribution in [3.63, 3.8) is 0 Å². The van der Waals surface area contributed by atoms with Gasteiger partial charge in [0.15, 0.2) is 0 Å². The number of hydrogen-bond acceptors (Lipinski definition) is 3. The molecule has 2 aromatic carbocycles. The zero-order chi connectivity index (χ0) is 17.8. The first-order chi connectivity index (χ1) is 11.8. The Labute approximate surface area is 146 Å². The molecule has 1 saturated heterocycles. The van der Waals surface area contributed by atoms with Crippen LogP contribution in [0.1, 0.15) is 11.1 Å². The van der Waals surface area contributed by atoms with Crippen LogP contribution in [0.5, 0.6) is 0 Å². The number of anilines is 1. The number of aryl methyl sites for hydroxylation is 1. The minimum atomic E-state index is -4.71. The first kappa shape index (κ1) is 16.3. The Hall–Kier alpha value is -2.19. The summed E-state index contributed by atoms with van der Waals surface area (Å²) < 4.78 is 42.1. The second-order valence-electron chi connectivity index (χ2n) is 6.00. The summed E-state index contributed by atoms with van der Waals surface area (Å²) in [5, 5.41) is 4.77. The molecule has 0 aliphatic carbocycles. The van der Waals surface area contributed by atoms with Crippen molar-refractivity contribution in [1.82, 2.24) is 10.6 Å². The van der Waals surface area contributed by atoms with Crippen molar-refractivity contribution < 1.29 is 18.0 Å². The molecule has 0 bridgehead atoms. The maximum atomic E-state index is 14.0. The van der Waals surface area contributed by atoms with E-state index < -0.39 is 23.4 Å². The minimum Gasteiger partial charge on any atom is -0.308 e. The van der Waals surface area contributed by atoms with Gasteiger partial charge in [-0.3, -0.25) is 10.2 Å². The van der Waals surface area contributed by atoms with Crippen molar-refractivity contribution in [3.05, 3.63) is 59.7 Å². The Morgan fingerprint density at radius 2 is 1.80 bits per heavy atom. The Kier molecular flexibility index (Phi) is 3.52. The van der Waals surface area contributed by atoms with Crippen LogP contribution in [0.15, 0.2) is 53.4 Å². The number of hydrogen-bond donors (Lipinski definition) is 2. The number of thioether (sulfide) groups is 1. The lowest BCUT2D eigenvalue weighted by atomic mass is 9.96. The smallest absolute Gasteiger partial charge is 0.308 e. The molecule has 0 saturated carbocycles. The lowest BCUT2D eigenvalue weighted by molar-refractivity contribution is -0.210. The highest BCUT2D eigenvalue weighted by Gasteiger charge is 2.62. The van der Waals surface area contributed by atoms with E-state index in [1.807, 2.05) is 0 Å². The summed E-state index contributed by atoms with van der Waals surface area (Å²) in [7, 11) is 0. The molecule has 2 aromatic rings. The molecule has 0 spiro atoms. The van der Waals surface area contributed by atoms with Gasteiger partial charge in [0, 0.05) is 10.5 Å². The van der Waals surface area contributed by atoms with Crippen LogP contribution in [0.2, 0.25) is 0 Å². The summed E-state index contributed by atoms with van der Waals surface area (Å²) in [6.45, 7) is 1.79. The first-order valence-electron chi connectivity index (χ1n) is 7.60. The lowest BCUT2D eigenvalue weighted by Crippen LogP contribution is -2.75. The number of para-hydroxylation sites is 1. The monoisotopic (exact) mass is 365 g/mol.